The lowest BCUT2D eigenvalue weighted by molar-refractivity contribution is 1.22. The zero-order chi connectivity index (χ0) is 33.7. The molecule has 51 heavy (non-hydrogen) atoms. The summed E-state index contributed by atoms with van der Waals surface area (Å²) in [6, 6.07) is 55.3. The Morgan fingerprint density at radius 1 is 0.353 bits per heavy atom. The van der Waals surface area contributed by atoms with Crippen molar-refractivity contribution in [1.29, 1.82) is 0 Å². The number of benzene rings is 5. The largest absolute Gasteiger partial charge is 0.255 e. The third-order valence-electron chi connectivity index (χ3n) is 9.58. The Balaban J connectivity index is 1.13. The van der Waals surface area contributed by atoms with Crippen LogP contribution < -0.4 is 0 Å². The average Bonchev–Trinajstić information content (AvgIpc) is 3.60. The molecule has 0 N–H and O–H groups in total. The first-order valence-corrected chi connectivity index (χ1v) is 17.8. The van der Waals surface area contributed by atoms with Gasteiger partial charge in [-0.15, -0.1) is 11.3 Å². The van der Waals surface area contributed by atoms with Gasteiger partial charge in [-0.25, -0.2) is 9.97 Å². The van der Waals surface area contributed by atoms with E-state index in [0.717, 1.165) is 67.2 Å². The molecule has 4 nitrogen and oxygen atoms in total. The molecule has 0 spiro atoms. The standard InChI is InChI=1S/C46H28N4S/c1-2-10-31(11-3-1)46-35-21-23-43-45(34-12-4-5-15-42(34)51-43)44(35)36-26-32(20-22-37(36)50-46)29-16-18-30(19-17-29)33-27-40(38-13-6-8-24-47-38)49-41(28-33)39-14-7-9-25-48-39/h1-28H. The van der Waals surface area contributed by atoms with E-state index in [2.05, 4.69) is 131 Å². The van der Waals surface area contributed by atoms with Gasteiger partial charge < -0.3 is 0 Å². The van der Waals surface area contributed by atoms with Gasteiger partial charge in [0, 0.05) is 54.3 Å². The fraction of sp³-hybridized carbons (Fsp3) is 0. The van der Waals surface area contributed by atoms with Gasteiger partial charge in [0.15, 0.2) is 0 Å². The Bertz CT molecular complexity index is 2830. The molecule has 5 aromatic heterocycles. The van der Waals surface area contributed by atoms with E-state index in [0.29, 0.717) is 0 Å². The van der Waals surface area contributed by atoms with E-state index >= 15 is 0 Å². The van der Waals surface area contributed by atoms with Gasteiger partial charge in [-0.3, -0.25) is 9.97 Å². The molecule has 0 bridgehead atoms. The maximum absolute atomic E-state index is 5.29. The summed E-state index contributed by atoms with van der Waals surface area (Å²) >= 11 is 1.85. The van der Waals surface area contributed by atoms with E-state index in [1.807, 2.05) is 47.7 Å². The molecule has 5 heterocycles. The summed E-state index contributed by atoms with van der Waals surface area (Å²) in [5, 5.41) is 6.18. The highest BCUT2D eigenvalue weighted by atomic mass is 32.1. The van der Waals surface area contributed by atoms with Crippen LogP contribution in [0.15, 0.2) is 170 Å². The van der Waals surface area contributed by atoms with Gasteiger partial charge in [0.25, 0.3) is 0 Å². The number of fused-ring (bicyclic) bond motifs is 7. The van der Waals surface area contributed by atoms with Gasteiger partial charge in [-0.1, -0.05) is 97.1 Å². The SMILES string of the molecule is c1ccc(-c2nc3ccc(-c4ccc(-c5cc(-c6ccccn6)nc(-c6ccccn6)c5)cc4)cc3c3c2ccc2sc4ccccc4c23)cc1. The van der Waals surface area contributed by atoms with Crippen molar-refractivity contribution in [2.75, 3.05) is 0 Å². The molecule has 0 saturated heterocycles. The van der Waals surface area contributed by atoms with Crippen molar-refractivity contribution in [3.8, 4) is 56.3 Å². The van der Waals surface area contributed by atoms with Crippen LogP contribution in [0.4, 0.5) is 0 Å². The monoisotopic (exact) mass is 668 g/mol. The van der Waals surface area contributed by atoms with Gasteiger partial charge in [-0.05, 0) is 82.9 Å². The molecule has 0 aliphatic heterocycles. The summed E-state index contributed by atoms with van der Waals surface area (Å²) in [6.45, 7) is 0. The van der Waals surface area contributed by atoms with Crippen LogP contribution in [0.25, 0.3) is 98.1 Å². The first-order valence-electron chi connectivity index (χ1n) is 17.0. The first-order chi connectivity index (χ1) is 25.3. The van der Waals surface area contributed by atoms with E-state index in [1.54, 1.807) is 12.4 Å². The number of pyridine rings is 4. The number of rotatable bonds is 5. The van der Waals surface area contributed by atoms with Crippen LogP contribution in [0.5, 0.6) is 0 Å². The predicted octanol–water partition coefficient (Wildman–Crippen LogP) is 12.3. The third-order valence-corrected chi connectivity index (χ3v) is 10.7. The van der Waals surface area contributed by atoms with Crippen molar-refractivity contribution < 1.29 is 0 Å². The van der Waals surface area contributed by atoms with Crippen LogP contribution >= 0.6 is 11.3 Å². The molecule has 0 unspecified atom stereocenters. The van der Waals surface area contributed by atoms with Crippen LogP contribution in [0.3, 0.4) is 0 Å². The molecule has 0 radical (unpaired) electrons. The Morgan fingerprint density at radius 2 is 1.00 bits per heavy atom. The quantitative estimate of drug-likeness (QED) is 0.171. The Hall–Kier alpha value is -6.56. The van der Waals surface area contributed by atoms with Gasteiger partial charge >= 0.3 is 0 Å². The summed E-state index contributed by atoms with van der Waals surface area (Å²) in [5.41, 5.74) is 10.9. The minimum absolute atomic E-state index is 0.814. The lowest BCUT2D eigenvalue weighted by Gasteiger charge is -2.13. The highest BCUT2D eigenvalue weighted by molar-refractivity contribution is 7.26. The predicted molar refractivity (Wildman–Crippen MR) is 213 cm³/mol. The molecule has 0 aliphatic carbocycles. The molecule has 0 aliphatic rings. The number of aromatic nitrogens is 4. The zero-order valence-electron chi connectivity index (χ0n) is 27.4. The van der Waals surface area contributed by atoms with Crippen LogP contribution in [-0.4, -0.2) is 19.9 Å². The molecule has 0 fully saturated rings. The van der Waals surface area contributed by atoms with Gasteiger partial charge in [-0.2, -0.15) is 0 Å². The van der Waals surface area contributed by atoms with Crippen molar-refractivity contribution in [2.45, 2.75) is 0 Å². The Labute approximate surface area is 298 Å². The topological polar surface area (TPSA) is 51.6 Å². The van der Waals surface area contributed by atoms with Gasteiger partial charge in [0.2, 0.25) is 0 Å². The highest BCUT2D eigenvalue weighted by Gasteiger charge is 2.17. The second-order valence-electron chi connectivity index (χ2n) is 12.7. The number of nitrogens with zero attached hydrogens (tertiary/aromatic N) is 4. The summed E-state index contributed by atoms with van der Waals surface area (Å²) in [4.78, 5) is 19.4. The molecule has 5 heteroatoms. The lowest BCUT2D eigenvalue weighted by Crippen LogP contribution is -1.94. The van der Waals surface area contributed by atoms with Gasteiger partial charge in [0.1, 0.15) is 0 Å². The third kappa shape index (κ3) is 5.14. The molecular weight excluding hydrogens is 641 g/mol. The summed E-state index contributed by atoms with van der Waals surface area (Å²) in [5.74, 6) is 0. The number of hydrogen-bond acceptors (Lipinski definition) is 5. The van der Waals surface area contributed by atoms with Gasteiger partial charge in [0.05, 0.1) is 34.0 Å². The average molecular weight is 669 g/mol. The fourth-order valence-corrected chi connectivity index (χ4v) is 8.26. The Kier molecular flexibility index (Phi) is 6.96. The Morgan fingerprint density at radius 3 is 1.71 bits per heavy atom. The number of hydrogen-bond donors (Lipinski definition) is 0. The molecule has 10 aromatic rings. The van der Waals surface area contributed by atoms with Crippen LogP contribution in [0.2, 0.25) is 0 Å². The minimum Gasteiger partial charge on any atom is -0.255 e. The normalized spacial score (nSPS) is 11.5. The maximum atomic E-state index is 5.29. The zero-order valence-corrected chi connectivity index (χ0v) is 28.2. The fourth-order valence-electron chi connectivity index (χ4n) is 7.15. The lowest BCUT2D eigenvalue weighted by atomic mass is 9.94. The van der Waals surface area contributed by atoms with Crippen molar-refractivity contribution in [3.05, 3.63) is 170 Å². The maximum Gasteiger partial charge on any atom is 0.0900 e. The van der Waals surface area contributed by atoms with Crippen molar-refractivity contribution in [1.82, 2.24) is 19.9 Å². The summed E-state index contributed by atoms with van der Waals surface area (Å²) < 4.78 is 2.59. The molecule has 0 amide bonds. The van der Waals surface area contributed by atoms with E-state index in [4.69, 9.17) is 9.97 Å². The molecule has 5 aromatic carbocycles. The van der Waals surface area contributed by atoms with Crippen molar-refractivity contribution in [3.63, 3.8) is 0 Å². The molecule has 10 rings (SSSR count). The summed E-state index contributed by atoms with van der Waals surface area (Å²) in [7, 11) is 0. The van der Waals surface area contributed by atoms with E-state index in [-0.39, 0.29) is 0 Å². The second kappa shape index (κ2) is 12.1. The first kappa shape index (κ1) is 29.4. The second-order valence-corrected chi connectivity index (χ2v) is 13.7. The minimum atomic E-state index is 0.814. The van der Waals surface area contributed by atoms with Crippen molar-refractivity contribution in [2.24, 2.45) is 0 Å². The highest BCUT2D eigenvalue weighted by Crippen LogP contribution is 2.44. The number of thiophene rings is 1. The van der Waals surface area contributed by atoms with Crippen LogP contribution in [-0.2, 0) is 0 Å². The molecule has 238 valence electrons. The molecule has 0 atom stereocenters. The summed E-state index contributed by atoms with van der Waals surface area (Å²) in [6.07, 6.45) is 3.60. The molecule has 0 saturated carbocycles. The van der Waals surface area contributed by atoms with Crippen molar-refractivity contribution >= 4 is 53.2 Å². The van der Waals surface area contributed by atoms with Crippen LogP contribution in [0.1, 0.15) is 0 Å². The van der Waals surface area contributed by atoms with E-state index in [1.165, 1.54) is 30.9 Å². The van der Waals surface area contributed by atoms with E-state index in [9.17, 15) is 0 Å². The van der Waals surface area contributed by atoms with E-state index < -0.39 is 0 Å². The molecular formula is C46H28N4S. The smallest absolute Gasteiger partial charge is 0.0900 e. The van der Waals surface area contributed by atoms with Crippen LogP contribution in [0, 0.1) is 0 Å².